The van der Waals surface area contributed by atoms with Gasteiger partial charge in [-0.2, -0.15) is 5.26 Å². The normalized spacial score (nSPS) is 10.1. The number of halogens is 2. The highest BCUT2D eigenvalue weighted by Gasteiger charge is 2.14. The summed E-state index contributed by atoms with van der Waals surface area (Å²) in [6, 6.07) is 5.63. The van der Waals surface area contributed by atoms with Gasteiger partial charge in [-0.15, -0.1) is 11.3 Å². The first-order valence-corrected chi connectivity index (χ1v) is 5.30. The van der Waals surface area contributed by atoms with Gasteiger partial charge in [-0.25, -0.2) is 13.8 Å². The van der Waals surface area contributed by atoms with Crippen molar-refractivity contribution >= 4 is 11.3 Å². The molecule has 2 nitrogen and oxygen atoms in total. The van der Waals surface area contributed by atoms with Gasteiger partial charge in [0.05, 0.1) is 18.1 Å². The quantitative estimate of drug-likeness (QED) is 0.803. The van der Waals surface area contributed by atoms with Crippen molar-refractivity contribution < 1.29 is 8.78 Å². The van der Waals surface area contributed by atoms with Crippen molar-refractivity contribution in [2.24, 2.45) is 0 Å². The van der Waals surface area contributed by atoms with E-state index in [0.717, 1.165) is 11.3 Å². The summed E-state index contributed by atoms with van der Waals surface area (Å²) < 4.78 is 26.8. The molecule has 80 valence electrons. The topological polar surface area (TPSA) is 36.7 Å². The second-order valence-corrected chi connectivity index (χ2v) is 4.18. The molecule has 0 spiro atoms. The van der Waals surface area contributed by atoms with Crippen LogP contribution in [-0.2, 0) is 6.42 Å². The predicted octanol–water partition coefficient (Wildman–Crippen LogP) is 3.15. The summed E-state index contributed by atoms with van der Waals surface area (Å²) in [6.45, 7) is 0. The van der Waals surface area contributed by atoms with Crippen molar-refractivity contribution in [3.8, 4) is 16.6 Å². The number of rotatable bonds is 2. The first-order chi connectivity index (χ1) is 7.72. The van der Waals surface area contributed by atoms with Gasteiger partial charge in [0.25, 0.3) is 0 Å². The Morgan fingerprint density at radius 1 is 1.31 bits per heavy atom. The van der Waals surface area contributed by atoms with Gasteiger partial charge in [-0.3, -0.25) is 0 Å². The summed E-state index contributed by atoms with van der Waals surface area (Å²) in [5.74, 6) is -1.28. The lowest BCUT2D eigenvalue weighted by molar-refractivity contribution is 0.589. The maximum absolute atomic E-state index is 13.4. The Balaban J connectivity index is 2.47. The van der Waals surface area contributed by atoms with Gasteiger partial charge in [0.15, 0.2) is 0 Å². The van der Waals surface area contributed by atoms with E-state index in [1.165, 1.54) is 24.4 Å². The molecule has 5 heteroatoms. The van der Waals surface area contributed by atoms with Gasteiger partial charge >= 0.3 is 0 Å². The van der Waals surface area contributed by atoms with Crippen LogP contribution in [0.4, 0.5) is 8.78 Å². The number of nitrogens with zero attached hydrogens (tertiary/aromatic N) is 2. The Kier molecular flexibility index (Phi) is 2.93. The van der Waals surface area contributed by atoms with Gasteiger partial charge in [-0.1, -0.05) is 6.07 Å². The maximum atomic E-state index is 13.4. The van der Waals surface area contributed by atoms with E-state index in [-0.39, 0.29) is 17.0 Å². The zero-order valence-corrected chi connectivity index (χ0v) is 8.89. The molecule has 0 saturated carbocycles. The minimum absolute atomic E-state index is 0.128. The van der Waals surface area contributed by atoms with Crippen molar-refractivity contribution in [2.45, 2.75) is 6.42 Å². The zero-order valence-electron chi connectivity index (χ0n) is 8.08. The molecule has 0 saturated heterocycles. The molecule has 0 unspecified atom stereocenters. The number of nitriles is 1. The van der Waals surface area contributed by atoms with Crippen LogP contribution in [0.25, 0.3) is 10.6 Å². The number of hydrogen-bond acceptors (Lipinski definition) is 3. The smallest absolute Gasteiger partial charge is 0.136 e. The molecule has 0 atom stereocenters. The summed E-state index contributed by atoms with van der Waals surface area (Å²) in [4.78, 5) is 4.61. The summed E-state index contributed by atoms with van der Waals surface area (Å²) in [5, 5.41) is 8.75. The highest BCUT2D eigenvalue weighted by molar-refractivity contribution is 7.15. The molecule has 0 amide bonds. The third kappa shape index (κ3) is 1.92. The molecule has 0 aliphatic carbocycles. The molecule has 1 heterocycles. The molecule has 0 bridgehead atoms. The van der Waals surface area contributed by atoms with Crippen LogP contribution in [0.2, 0.25) is 0 Å². The van der Waals surface area contributed by atoms with Gasteiger partial charge in [-0.05, 0) is 12.1 Å². The zero-order chi connectivity index (χ0) is 11.5. The molecule has 2 rings (SSSR count). The lowest BCUT2D eigenvalue weighted by Crippen LogP contribution is -1.87. The van der Waals surface area contributed by atoms with Crippen LogP contribution >= 0.6 is 11.3 Å². The highest BCUT2D eigenvalue weighted by atomic mass is 32.1. The number of thiazole rings is 1. The molecular formula is C11H6F2N2S. The third-order valence-corrected chi connectivity index (χ3v) is 3.00. The largest absolute Gasteiger partial charge is 0.244 e. The second-order valence-electron chi connectivity index (χ2n) is 3.06. The van der Waals surface area contributed by atoms with E-state index < -0.39 is 11.6 Å². The van der Waals surface area contributed by atoms with Crippen molar-refractivity contribution in [1.82, 2.24) is 4.98 Å². The molecular weight excluding hydrogens is 230 g/mol. The van der Waals surface area contributed by atoms with Crippen molar-refractivity contribution in [3.63, 3.8) is 0 Å². The fourth-order valence-corrected chi connectivity index (χ4v) is 2.18. The molecule has 2 aromatic rings. The van der Waals surface area contributed by atoms with E-state index in [1.54, 1.807) is 0 Å². The van der Waals surface area contributed by atoms with Gasteiger partial charge in [0.2, 0.25) is 0 Å². The van der Waals surface area contributed by atoms with Crippen LogP contribution in [0, 0.1) is 23.0 Å². The minimum atomic E-state index is -0.641. The maximum Gasteiger partial charge on any atom is 0.136 e. The van der Waals surface area contributed by atoms with Crippen LogP contribution in [0.5, 0.6) is 0 Å². The molecule has 1 aromatic heterocycles. The number of aromatic nitrogens is 1. The van der Waals surface area contributed by atoms with Crippen LogP contribution in [0.1, 0.15) is 4.88 Å². The summed E-state index contributed by atoms with van der Waals surface area (Å²) >= 11 is 1.13. The van der Waals surface area contributed by atoms with E-state index in [9.17, 15) is 8.78 Å². The van der Waals surface area contributed by atoms with Crippen molar-refractivity contribution in [3.05, 3.63) is 40.9 Å². The Bertz CT molecular complexity index is 537. The highest BCUT2D eigenvalue weighted by Crippen LogP contribution is 2.29. The SMILES string of the molecule is N#CCc1cnc(-c2c(F)cccc2F)s1. The van der Waals surface area contributed by atoms with Gasteiger partial charge in [0, 0.05) is 11.1 Å². The van der Waals surface area contributed by atoms with Crippen LogP contribution in [0.15, 0.2) is 24.4 Å². The van der Waals surface area contributed by atoms with E-state index in [0.29, 0.717) is 4.88 Å². The van der Waals surface area contributed by atoms with Crippen molar-refractivity contribution in [1.29, 1.82) is 5.26 Å². The Morgan fingerprint density at radius 3 is 2.62 bits per heavy atom. The lowest BCUT2D eigenvalue weighted by Gasteiger charge is -1.99. The standard InChI is InChI=1S/C11H6F2N2S/c12-8-2-1-3-9(13)10(8)11-15-6-7(16-11)4-5-14/h1-3,6H,4H2. The Labute approximate surface area is 94.8 Å². The second kappa shape index (κ2) is 4.37. The Hall–Kier alpha value is -1.80. The average molecular weight is 236 g/mol. The first-order valence-electron chi connectivity index (χ1n) is 4.48. The van der Waals surface area contributed by atoms with Gasteiger partial charge < -0.3 is 0 Å². The molecule has 1 aromatic carbocycles. The van der Waals surface area contributed by atoms with E-state index in [2.05, 4.69) is 4.98 Å². The molecule has 16 heavy (non-hydrogen) atoms. The van der Waals surface area contributed by atoms with Crippen molar-refractivity contribution in [2.75, 3.05) is 0 Å². The lowest BCUT2D eigenvalue weighted by atomic mass is 10.2. The van der Waals surface area contributed by atoms with E-state index >= 15 is 0 Å². The fourth-order valence-electron chi connectivity index (χ4n) is 1.28. The average Bonchev–Trinajstić information content (AvgIpc) is 2.67. The fraction of sp³-hybridized carbons (Fsp3) is 0.0909. The van der Waals surface area contributed by atoms with Crippen LogP contribution < -0.4 is 0 Å². The number of hydrogen-bond donors (Lipinski definition) is 0. The predicted molar refractivity (Wildman–Crippen MR) is 56.8 cm³/mol. The van der Waals surface area contributed by atoms with Crippen LogP contribution in [-0.4, -0.2) is 4.98 Å². The van der Waals surface area contributed by atoms with E-state index in [1.807, 2.05) is 6.07 Å². The number of benzene rings is 1. The van der Waals surface area contributed by atoms with E-state index in [4.69, 9.17) is 5.26 Å². The van der Waals surface area contributed by atoms with Crippen LogP contribution in [0.3, 0.4) is 0 Å². The molecule has 0 aliphatic rings. The summed E-state index contributed by atoms with van der Waals surface area (Å²) in [5.41, 5.74) is -0.128. The molecule has 0 N–H and O–H groups in total. The summed E-state index contributed by atoms with van der Waals surface area (Å²) in [6.07, 6.45) is 1.67. The minimum Gasteiger partial charge on any atom is -0.244 e. The molecule has 0 aliphatic heterocycles. The molecule has 0 fully saturated rings. The third-order valence-electron chi connectivity index (χ3n) is 1.98. The Morgan fingerprint density at radius 2 is 2.00 bits per heavy atom. The first kappa shape index (κ1) is 10.7. The van der Waals surface area contributed by atoms with Gasteiger partial charge in [0.1, 0.15) is 16.6 Å². The molecule has 0 radical (unpaired) electrons. The summed E-state index contributed by atoms with van der Waals surface area (Å²) in [7, 11) is 0. The monoisotopic (exact) mass is 236 g/mol.